The third-order valence-corrected chi connectivity index (χ3v) is 3.29. The lowest BCUT2D eigenvalue weighted by atomic mass is 10.1. The third-order valence-electron chi connectivity index (χ3n) is 3.29. The molecule has 3 rings (SSSR count). The van der Waals surface area contributed by atoms with E-state index in [0.717, 1.165) is 5.56 Å². The van der Waals surface area contributed by atoms with Crippen LogP contribution >= 0.6 is 0 Å². The van der Waals surface area contributed by atoms with Crippen LogP contribution in [-0.4, -0.2) is 35.9 Å². The van der Waals surface area contributed by atoms with Crippen molar-refractivity contribution in [1.29, 1.82) is 0 Å². The average Bonchev–Trinajstić information content (AvgIpc) is 2.76. The Morgan fingerprint density at radius 2 is 2.00 bits per heavy atom. The molecule has 2 saturated heterocycles. The monoisotopic (exact) mass is 249 g/mol. The van der Waals surface area contributed by atoms with Crippen LogP contribution in [0.1, 0.15) is 18.3 Å². The van der Waals surface area contributed by atoms with E-state index >= 15 is 0 Å². The highest BCUT2D eigenvalue weighted by Crippen LogP contribution is 2.33. The Kier molecular flexibility index (Phi) is 3.03. The number of aliphatic hydroxyl groups is 1. The standard InChI is InChI=1S/C13H15NO4/c15-9-6-11(16)14-7-10-12(9)18-13(17-10)8-4-2-1-3-5-8/h1-5,9-10,12-13,15H,6-7H2,(H,14,16)/t9-,10-,12+,13+/m1/s1. The summed E-state index contributed by atoms with van der Waals surface area (Å²) in [5.41, 5.74) is 0.920. The number of fused-ring (bicyclic) bond motifs is 1. The molecule has 18 heavy (non-hydrogen) atoms. The van der Waals surface area contributed by atoms with Crippen molar-refractivity contribution in [3.63, 3.8) is 0 Å². The number of carbonyl (C=O) groups excluding carboxylic acids is 1. The summed E-state index contributed by atoms with van der Waals surface area (Å²) in [6, 6.07) is 9.58. The van der Waals surface area contributed by atoms with Gasteiger partial charge in [0.05, 0.1) is 12.5 Å². The molecule has 2 aliphatic rings. The molecule has 0 radical (unpaired) electrons. The maximum absolute atomic E-state index is 11.3. The molecule has 5 nitrogen and oxygen atoms in total. The molecular formula is C13H15NO4. The van der Waals surface area contributed by atoms with Crippen LogP contribution in [0.2, 0.25) is 0 Å². The average molecular weight is 249 g/mol. The summed E-state index contributed by atoms with van der Waals surface area (Å²) < 4.78 is 11.5. The number of ether oxygens (including phenoxy) is 2. The van der Waals surface area contributed by atoms with Crippen LogP contribution in [-0.2, 0) is 14.3 Å². The molecule has 5 heteroatoms. The normalized spacial score (nSPS) is 35.7. The molecular weight excluding hydrogens is 234 g/mol. The molecule has 96 valence electrons. The van der Waals surface area contributed by atoms with Gasteiger partial charge in [0.2, 0.25) is 5.91 Å². The Labute approximate surface area is 105 Å². The van der Waals surface area contributed by atoms with Crippen LogP contribution in [0.15, 0.2) is 30.3 Å². The quantitative estimate of drug-likeness (QED) is 0.753. The van der Waals surface area contributed by atoms with Gasteiger partial charge in [-0.15, -0.1) is 0 Å². The smallest absolute Gasteiger partial charge is 0.222 e. The fourth-order valence-electron chi connectivity index (χ4n) is 2.36. The van der Waals surface area contributed by atoms with Crippen LogP contribution < -0.4 is 5.32 Å². The Hall–Kier alpha value is -1.43. The van der Waals surface area contributed by atoms with Crippen molar-refractivity contribution >= 4 is 5.91 Å². The van der Waals surface area contributed by atoms with Gasteiger partial charge in [-0.25, -0.2) is 0 Å². The molecule has 0 unspecified atom stereocenters. The fraction of sp³-hybridized carbons (Fsp3) is 0.462. The lowest BCUT2D eigenvalue weighted by Gasteiger charge is -2.16. The molecule has 1 aromatic carbocycles. The van der Waals surface area contributed by atoms with Gasteiger partial charge in [-0.3, -0.25) is 4.79 Å². The van der Waals surface area contributed by atoms with Crippen molar-refractivity contribution in [2.45, 2.75) is 31.0 Å². The van der Waals surface area contributed by atoms with E-state index in [9.17, 15) is 9.90 Å². The molecule has 2 fully saturated rings. The Morgan fingerprint density at radius 1 is 1.22 bits per heavy atom. The SMILES string of the molecule is O=C1C[C@@H](O)[C@@H]2O[C@@H](c3ccccc3)O[C@@H]2CN1. The van der Waals surface area contributed by atoms with Gasteiger partial charge in [-0.2, -0.15) is 0 Å². The molecule has 2 N–H and O–H groups in total. The minimum Gasteiger partial charge on any atom is -0.390 e. The number of aliphatic hydroxyl groups excluding tert-OH is 1. The van der Waals surface area contributed by atoms with Gasteiger partial charge in [0.25, 0.3) is 0 Å². The molecule has 1 aromatic rings. The van der Waals surface area contributed by atoms with Crippen molar-refractivity contribution in [1.82, 2.24) is 5.32 Å². The van der Waals surface area contributed by atoms with E-state index < -0.39 is 18.5 Å². The number of hydrogen-bond acceptors (Lipinski definition) is 4. The van der Waals surface area contributed by atoms with E-state index in [1.807, 2.05) is 30.3 Å². The van der Waals surface area contributed by atoms with Crippen molar-refractivity contribution in [2.75, 3.05) is 6.54 Å². The van der Waals surface area contributed by atoms with Gasteiger partial charge in [-0.1, -0.05) is 30.3 Å². The van der Waals surface area contributed by atoms with E-state index in [2.05, 4.69) is 5.32 Å². The molecule has 2 heterocycles. The number of carbonyl (C=O) groups is 1. The predicted octanol–water partition coefficient (Wildman–Crippen LogP) is 0.350. The molecule has 0 bridgehead atoms. The van der Waals surface area contributed by atoms with E-state index in [1.54, 1.807) is 0 Å². The van der Waals surface area contributed by atoms with Gasteiger partial charge in [-0.05, 0) is 0 Å². The molecule has 1 amide bonds. The predicted molar refractivity (Wildman–Crippen MR) is 62.6 cm³/mol. The Balaban J connectivity index is 1.77. The first-order valence-electron chi connectivity index (χ1n) is 6.04. The molecule has 0 spiro atoms. The summed E-state index contributed by atoms with van der Waals surface area (Å²) in [6.45, 7) is 0.379. The lowest BCUT2D eigenvalue weighted by molar-refractivity contribution is -0.126. The summed E-state index contributed by atoms with van der Waals surface area (Å²) in [5, 5.41) is 12.6. The first-order chi connectivity index (χ1) is 8.74. The number of benzene rings is 1. The van der Waals surface area contributed by atoms with Crippen molar-refractivity contribution < 1.29 is 19.4 Å². The van der Waals surface area contributed by atoms with Crippen molar-refractivity contribution in [3.8, 4) is 0 Å². The second-order valence-corrected chi connectivity index (χ2v) is 4.59. The second kappa shape index (κ2) is 4.68. The zero-order valence-corrected chi connectivity index (χ0v) is 9.78. The second-order valence-electron chi connectivity index (χ2n) is 4.59. The summed E-state index contributed by atoms with van der Waals surface area (Å²) in [4.78, 5) is 11.3. The molecule has 0 aliphatic carbocycles. The zero-order chi connectivity index (χ0) is 12.5. The largest absolute Gasteiger partial charge is 0.390 e. The van der Waals surface area contributed by atoms with E-state index in [-0.39, 0.29) is 18.4 Å². The highest BCUT2D eigenvalue weighted by molar-refractivity contribution is 5.76. The van der Waals surface area contributed by atoms with Crippen LogP contribution in [0.25, 0.3) is 0 Å². The maximum Gasteiger partial charge on any atom is 0.222 e. The zero-order valence-electron chi connectivity index (χ0n) is 9.78. The van der Waals surface area contributed by atoms with Crippen LogP contribution in [0, 0.1) is 0 Å². The molecule has 4 atom stereocenters. The Morgan fingerprint density at radius 3 is 2.78 bits per heavy atom. The summed E-state index contributed by atoms with van der Waals surface area (Å²) in [5.74, 6) is -0.166. The Bertz CT molecular complexity index is 436. The van der Waals surface area contributed by atoms with Crippen LogP contribution in [0.3, 0.4) is 0 Å². The van der Waals surface area contributed by atoms with Crippen LogP contribution in [0.4, 0.5) is 0 Å². The minimum absolute atomic E-state index is 0.0615. The van der Waals surface area contributed by atoms with Gasteiger partial charge in [0.15, 0.2) is 6.29 Å². The first-order valence-corrected chi connectivity index (χ1v) is 6.04. The molecule has 0 aromatic heterocycles. The number of hydrogen-bond donors (Lipinski definition) is 2. The van der Waals surface area contributed by atoms with Crippen molar-refractivity contribution in [2.24, 2.45) is 0 Å². The summed E-state index contributed by atoms with van der Waals surface area (Å²) in [6.07, 6.45) is -1.96. The highest BCUT2D eigenvalue weighted by atomic mass is 16.7. The number of rotatable bonds is 1. The minimum atomic E-state index is -0.814. The van der Waals surface area contributed by atoms with E-state index in [1.165, 1.54) is 0 Å². The fourth-order valence-corrected chi connectivity index (χ4v) is 2.36. The molecule has 2 aliphatic heterocycles. The summed E-state index contributed by atoms with van der Waals surface area (Å²) >= 11 is 0. The van der Waals surface area contributed by atoms with E-state index in [4.69, 9.17) is 9.47 Å². The summed E-state index contributed by atoms with van der Waals surface area (Å²) in [7, 11) is 0. The first kappa shape index (κ1) is 11.6. The third kappa shape index (κ3) is 2.12. The topological polar surface area (TPSA) is 67.8 Å². The lowest BCUT2D eigenvalue weighted by Crippen LogP contribution is -2.36. The van der Waals surface area contributed by atoms with Gasteiger partial charge in [0, 0.05) is 12.1 Å². The van der Waals surface area contributed by atoms with E-state index in [0.29, 0.717) is 6.54 Å². The number of nitrogens with one attached hydrogen (secondary N) is 1. The van der Waals surface area contributed by atoms with Gasteiger partial charge >= 0.3 is 0 Å². The van der Waals surface area contributed by atoms with Gasteiger partial charge < -0.3 is 19.9 Å². The molecule has 0 saturated carbocycles. The van der Waals surface area contributed by atoms with Crippen LogP contribution in [0.5, 0.6) is 0 Å². The maximum atomic E-state index is 11.3. The number of amides is 1. The highest BCUT2D eigenvalue weighted by Gasteiger charge is 2.43. The van der Waals surface area contributed by atoms with Gasteiger partial charge in [0.1, 0.15) is 12.2 Å². The van der Waals surface area contributed by atoms with Crippen molar-refractivity contribution in [3.05, 3.63) is 35.9 Å².